The van der Waals surface area contributed by atoms with Gasteiger partial charge in [0, 0.05) is 12.8 Å². The molecule has 0 aliphatic rings. The van der Waals surface area contributed by atoms with Gasteiger partial charge >= 0.3 is 11.9 Å². The van der Waals surface area contributed by atoms with Gasteiger partial charge in [-0.2, -0.15) is 0 Å². The van der Waals surface area contributed by atoms with Gasteiger partial charge in [-0.05, 0) is 25.2 Å². The lowest BCUT2D eigenvalue weighted by Gasteiger charge is -2.11. The molecule has 0 N–H and O–H groups in total. The number of unbranched alkanes of at least 4 members (excludes halogenated alkanes) is 24. The Bertz CT molecular complexity index is 561. The summed E-state index contributed by atoms with van der Waals surface area (Å²) in [6, 6.07) is 0. The molecule has 0 heterocycles. The van der Waals surface area contributed by atoms with E-state index in [2.05, 4.69) is 20.8 Å². The number of rotatable bonds is 34. The molecule has 1 unspecified atom stereocenters. The van der Waals surface area contributed by atoms with E-state index in [-0.39, 0.29) is 11.9 Å². The number of hydrogen-bond acceptors (Lipinski definition) is 4. The molecule has 0 saturated heterocycles. The van der Waals surface area contributed by atoms with Gasteiger partial charge in [0.05, 0.1) is 13.2 Å². The smallest absolute Gasteiger partial charge is 0.306 e. The fourth-order valence-electron chi connectivity index (χ4n) is 5.71. The first-order chi connectivity index (χ1) is 20.6. The van der Waals surface area contributed by atoms with Crippen LogP contribution in [0.25, 0.3) is 0 Å². The highest BCUT2D eigenvalue weighted by Crippen LogP contribution is 2.17. The molecule has 0 aliphatic carbocycles. The van der Waals surface area contributed by atoms with E-state index in [1.54, 1.807) is 0 Å². The zero-order valence-corrected chi connectivity index (χ0v) is 28.8. The average Bonchev–Trinajstić information content (AvgIpc) is 2.97. The van der Waals surface area contributed by atoms with Crippen molar-refractivity contribution < 1.29 is 19.1 Å². The van der Waals surface area contributed by atoms with Crippen molar-refractivity contribution in [1.82, 2.24) is 0 Å². The summed E-state index contributed by atoms with van der Waals surface area (Å²) in [5.41, 5.74) is 0. The minimum absolute atomic E-state index is 0.00187. The monoisotopic (exact) mass is 595 g/mol. The van der Waals surface area contributed by atoms with Crippen LogP contribution in [0, 0.1) is 5.92 Å². The molecule has 0 aromatic rings. The van der Waals surface area contributed by atoms with Crippen LogP contribution in [0.3, 0.4) is 0 Å². The van der Waals surface area contributed by atoms with E-state index in [1.165, 1.54) is 154 Å². The van der Waals surface area contributed by atoms with Gasteiger partial charge in [-0.15, -0.1) is 0 Å². The third-order valence-electron chi connectivity index (χ3n) is 8.61. The van der Waals surface area contributed by atoms with Crippen molar-refractivity contribution in [3.63, 3.8) is 0 Å². The van der Waals surface area contributed by atoms with Gasteiger partial charge in [0.1, 0.15) is 0 Å². The van der Waals surface area contributed by atoms with Crippen molar-refractivity contribution in [3.8, 4) is 0 Å². The molecule has 0 aliphatic heterocycles. The van der Waals surface area contributed by atoms with Crippen LogP contribution in [0.2, 0.25) is 0 Å². The second kappa shape index (κ2) is 34.4. The summed E-state index contributed by atoms with van der Waals surface area (Å²) in [7, 11) is 0. The van der Waals surface area contributed by atoms with E-state index in [9.17, 15) is 9.59 Å². The SMILES string of the molecule is CCCCCCOC(=O)CCCCCCCCCCCCCCCCCCCCCC(C)CC(=O)OCCCCCC. The van der Waals surface area contributed by atoms with Crippen molar-refractivity contribution in [2.75, 3.05) is 13.2 Å². The Kier molecular flexibility index (Phi) is 33.6. The molecule has 0 fully saturated rings. The fraction of sp³-hybridized carbons (Fsp3) is 0.947. The minimum Gasteiger partial charge on any atom is -0.466 e. The van der Waals surface area contributed by atoms with Crippen molar-refractivity contribution in [1.29, 1.82) is 0 Å². The predicted molar refractivity (Wildman–Crippen MR) is 181 cm³/mol. The lowest BCUT2D eigenvalue weighted by atomic mass is 9.98. The molecular formula is C38H74O4. The van der Waals surface area contributed by atoms with E-state index < -0.39 is 0 Å². The third kappa shape index (κ3) is 33.4. The zero-order valence-electron chi connectivity index (χ0n) is 28.8. The molecule has 0 radical (unpaired) electrons. The maximum Gasteiger partial charge on any atom is 0.306 e. The zero-order chi connectivity index (χ0) is 30.8. The van der Waals surface area contributed by atoms with E-state index in [0.717, 1.165) is 25.7 Å². The molecular weight excluding hydrogens is 520 g/mol. The average molecular weight is 595 g/mol. The standard InChI is InChI=1S/C38H74O4/c1-4-6-8-29-33-41-37(39)32-28-26-24-22-20-18-16-14-12-10-11-13-15-17-19-21-23-25-27-31-36(3)35-38(40)42-34-30-9-7-5-2/h36H,4-35H2,1-3H3. The van der Waals surface area contributed by atoms with Gasteiger partial charge in [0.2, 0.25) is 0 Å². The van der Waals surface area contributed by atoms with E-state index in [4.69, 9.17) is 9.47 Å². The molecule has 42 heavy (non-hydrogen) atoms. The van der Waals surface area contributed by atoms with Crippen LogP contribution >= 0.6 is 0 Å². The second-order valence-corrected chi connectivity index (χ2v) is 13.1. The highest BCUT2D eigenvalue weighted by atomic mass is 16.5. The highest BCUT2D eigenvalue weighted by Gasteiger charge is 2.10. The van der Waals surface area contributed by atoms with Crippen LogP contribution < -0.4 is 0 Å². The highest BCUT2D eigenvalue weighted by molar-refractivity contribution is 5.69. The van der Waals surface area contributed by atoms with Crippen molar-refractivity contribution in [2.24, 2.45) is 5.92 Å². The summed E-state index contributed by atoms with van der Waals surface area (Å²) in [5.74, 6) is 0.462. The van der Waals surface area contributed by atoms with Crippen LogP contribution in [0.4, 0.5) is 0 Å². The van der Waals surface area contributed by atoms with Gasteiger partial charge in [-0.1, -0.05) is 181 Å². The van der Waals surface area contributed by atoms with E-state index in [1.807, 2.05) is 0 Å². The molecule has 0 aromatic heterocycles. The molecule has 1 atom stereocenters. The maximum atomic E-state index is 11.9. The van der Waals surface area contributed by atoms with Gasteiger partial charge in [-0.3, -0.25) is 9.59 Å². The number of carbonyl (C=O) groups excluding carboxylic acids is 2. The van der Waals surface area contributed by atoms with Crippen LogP contribution in [0.5, 0.6) is 0 Å². The lowest BCUT2D eigenvalue weighted by Crippen LogP contribution is -2.10. The Morgan fingerprint density at radius 2 is 0.762 bits per heavy atom. The first-order valence-corrected chi connectivity index (χ1v) is 18.9. The number of esters is 2. The number of hydrogen-bond donors (Lipinski definition) is 0. The molecule has 4 heteroatoms. The maximum absolute atomic E-state index is 11.9. The summed E-state index contributed by atoms with van der Waals surface area (Å²) >= 11 is 0. The van der Waals surface area contributed by atoms with Gasteiger partial charge in [0.25, 0.3) is 0 Å². The first kappa shape index (κ1) is 40.9. The first-order valence-electron chi connectivity index (χ1n) is 18.9. The van der Waals surface area contributed by atoms with Gasteiger partial charge < -0.3 is 9.47 Å². The summed E-state index contributed by atoms with van der Waals surface area (Å²) in [6.07, 6.45) is 37.1. The van der Waals surface area contributed by atoms with E-state index >= 15 is 0 Å². The summed E-state index contributed by atoms with van der Waals surface area (Å²) < 4.78 is 10.7. The van der Waals surface area contributed by atoms with Gasteiger partial charge in [0.15, 0.2) is 0 Å². The lowest BCUT2D eigenvalue weighted by molar-refractivity contribution is -0.145. The molecule has 0 bridgehead atoms. The van der Waals surface area contributed by atoms with E-state index in [0.29, 0.717) is 32.0 Å². The Balaban J connectivity index is 3.22. The second-order valence-electron chi connectivity index (χ2n) is 13.1. The molecule has 0 spiro atoms. The largest absolute Gasteiger partial charge is 0.466 e. The summed E-state index contributed by atoms with van der Waals surface area (Å²) in [6.45, 7) is 7.81. The Labute approximate surface area is 263 Å². The number of ether oxygens (including phenoxy) is 2. The van der Waals surface area contributed by atoms with Crippen molar-refractivity contribution in [2.45, 2.75) is 213 Å². The topological polar surface area (TPSA) is 52.6 Å². The molecule has 0 rings (SSSR count). The fourth-order valence-corrected chi connectivity index (χ4v) is 5.71. The summed E-state index contributed by atoms with van der Waals surface area (Å²) in [5, 5.41) is 0. The molecule has 0 aromatic carbocycles. The summed E-state index contributed by atoms with van der Waals surface area (Å²) in [4.78, 5) is 23.6. The molecule has 4 nitrogen and oxygen atoms in total. The van der Waals surface area contributed by atoms with Crippen LogP contribution in [0.15, 0.2) is 0 Å². The van der Waals surface area contributed by atoms with Crippen molar-refractivity contribution >= 4 is 11.9 Å². The Morgan fingerprint density at radius 3 is 1.17 bits per heavy atom. The van der Waals surface area contributed by atoms with Gasteiger partial charge in [-0.25, -0.2) is 0 Å². The Morgan fingerprint density at radius 1 is 0.429 bits per heavy atom. The number of carbonyl (C=O) groups is 2. The molecule has 250 valence electrons. The normalized spacial score (nSPS) is 12.0. The predicted octanol–water partition coefficient (Wildman–Crippen LogP) is 12.5. The minimum atomic E-state index is 0.00187. The van der Waals surface area contributed by atoms with Crippen LogP contribution in [-0.4, -0.2) is 25.2 Å². The van der Waals surface area contributed by atoms with Crippen LogP contribution in [-0.2, 0) is 19.1 Å². The molecule has 0 amide bonds. The third-order valence-corrected chi connectivity index (χ3v) is 8.61. The molecule has 0 saturated carbocycles. The Hall–Kier alpha value is -1.06. The quantitative estimate of drug-likeness (QED) is 0.0549. The van der Waals surface area contributed by atoms with Crippen molar-refractivity contribution in [3.05, 3.63) is 0 Å². The van der Waals surface area contributed by atoms with Crippen LogP contribution in [0.1, 0.15) is 213 Å².